The average molecular weight is 469 g/mol. The number of urea groups is 1. The number of barbiturate groups is 1. The zero-order valence-corrected chi connectivity index (χ0v) is 17.5. The first-order valence-electron chi connectivity index (χ1n) is 9.15. The number of anilines is 1. The molecule has 1 heterocycles. The van der Waals surface area contributed by atoms with Gasteiger partial charge in [-0.1, -0.05) is 17.7 Å². The molecule has 168 valence electrons. The molecule has 11 heteroatoms. The van der Waals surface area contributed by atoms with Crippen molar-refractivity contribution in [2.24, 2.45) is 0 Å². The molecule has 0 unspecified atom stereocenters. The molecule has 0 radical (unpaired) electrons. The third-order valence-electron chi connectivity index (χ3n) is 4.41. The van der Waals surface area contributed by atoms with Crippen LogP contribution in [0.1, 0.15) is 18.1 Å². The zero-order valence-electron chi connectivity index (χ0n) is 16.7. The highest BCUT2D eigenvalue weighted by Crippen LogP contribution is 2.37. The predicted molar refractivity (Wildman–Crippen MR) is 110 cm³/mol. The number of nitrogens with one attached hydrogen (secondary N) is 1. The van der Waals surface area contributed by atoms with Gasteiger partial charge in [-0.05, 0) is 48.9 Å². The number of hydrogen-bond acceptors (Lipinski definition) is 5. The minimum absolute atomic E-state index is 0.280. The molecular weight excluding hydrogens is 453 g/mol. The van der Waals surface area contributed by atoms with E-state index in [4.69, 9.17) is 21.1 Å². The van der Waals surface area contributed by atoms with Crippen LogP contribution in [0.25, 0.3) is 6.08 Å². The standard InChI is InChI=1S/C21H16ClF3N2O5/c1-3-32-16-7-4-11(9-17(16)31-2)8-13-18(28)26-20(30)27(19(13)29)15-10-12(21(23,24)25)5-6-14(15)22/h4-10H,3H2,1-2H3,(H,26,28,30)/b13-8+. The topological polar surface area (TPSA) is 84.9 Å². The molecule has 0 saturated carbocycles. The van der Waals surface area contributed by atoms with Crippen LogP contribution in [0.15, 0.2) is 42.0 Å². The van der Waals surface area contributed by atoms with E-state index in [0.717, 1.165) is 6.07 Å². The fourth-order valence-electron chi connectivity index (χ4n) is 2.95. The Morgan fingerprint density at radius 2 is 1.81 bits per heavy atom. The molecule has 0 spiro atoms. The highest BCUT2D eigenvalue weighted by Gasteiger charge is 2.39. The van der Waals surface area contributed by atoms with E-state index < -0.39 is 40.8 Å². The lowest BCUT2D eigenvalue weighted by Crippen LogP contribution is -2.54. The van der Waals surface area contributed by atoms with Gasteiger partial charge in [0, 0.05) is 0 Å². The van der Waals surface area contributed by atoms with Crippen molar-refractivity contribution in [2.75, 3.05) is 18.6 Å². The molecule has 1 aliphatic rings. The molecule has 0 bridgehead atoms. The zero-order chi connectivity index (χ0) is 23.6. The minimum Gasteiger partial charge on any atom is -0.493 e. The quantitative estimate of drug-likeness (QED) is 0.518. The maximum absolute atomic E-state index is 13.1. The molecule has 1 aliphatic heterocycles. The van der Waals surface area contributed by atoms with Crippen LogP contribution in [-0.2, 0) is 15.8 Å². The van der Waals surface area contributed by atoms with E-state index in [1.165, 1.54) is 19.3 Å². The van der Waals surface area contributed by atoms with Crippen molar-refractivity contribution in [3.05, 3.63) is 58.1 Å². The first-order valence-corrected chi connectivity index (χ1v) is 9.53. The maximum atomic E-state index is 13.1. The second kappa shape index (κ2) is 8.91. The molecule has 32 heavy (non-hydrogen) atoms. The van der Waals surface area contributed by atoms with Crippen molar-refractivity contribution in [1.82, 2.24) is 5.32 Å². The summed E-state index contributed by atoms with van der Waals surface area (Å²) in [5.74, 6) is -1.37. The van der Waals surface area contributed by atoms with E-state index in [-0.39, 0.29) is 5.02 Å². The van der Waals surface area contributed by atoms with Gasteiger partial charge in [-0.3, -0.25) is 14.9 Å². The molecule has 4 amide bonds. The van der Waals surface area contributed by atoms with Crippen LogP contribution in [0.2, 0.25) is 5.02 Å². The van der Waals surface area contributed by atoms with Gasteiger partial charge in [-0.25, -0.2) is 9.69 Å². The number of carbonyl (C=O) groups is 3. The van der Waals surface area contributed by atoms with E-state index in [1.54, 1.807) is 19.1 Å². The lowest BCUT2D eigenvalue weighted by Gasteiger charge is -2.27. The Hall–Kier alpha value is -3.53. The smallest absolute Gasteiger partial charge is 0.416 e. The monoisotopic (exact) mass is 468 g/mol. The van der Waals surface area contributed by atoms with Crippen LogP contribution in [0.3, 0.4) is 0 Å². The maximum Gasteiger partial charge on any atom is 0.416 e. The number of imide groups is 2. The molecule has 3 rings (SSSR count). The summed E-state index contributed by atoms with van der Waals surface area (Å²) >= 11 is 5.97. The van der Waals surface area contributed by atoms with Crippen molar-refractivity contribution in [3.63, 3.8) is 0 Å². The molecule has 7 nitrogen and oxygen atoms in total. The number of rotatable bonds is 5. The number of carbonyl (C=O) groups excluding carboxylic acids is 3. The summed E-state index contributed by atoms with van der Waals surface area (Å²) in [6.07, 6.45) is -3.56. The molecule has 1 fully saturated rings. The Morgan fingerprint density at radius 3 is 2.44 bits per heavy atom. The summed E-state index contributed by atoms with van der Waals surface area (Å²) in [4.78, 5) is 38.0. The fourth-order valence-corrected chi connectivity index (χ4v) is 3.15. The largest absolute Gasteiger partial charge is 0.493 e. The molecule has 2 aromatic carbocycles. The van der Waals surface area contributed by atoms with Gasteiger partial charge in [0.05, 0.1) is 30.0 Å². The molecule has 1 N–H and O–H groups in total. The molecule has 1 saturated heterocycles. The average Bonchev–Trinajstić information content (AvgIpc) is 2.72. The van der Waals surface area contributed by atoms with Gasteiger partial charge in [-0.2, -0.15) is 13.2 Å². The number of benzene rings is 2. The molecule has 2 aromatic rings. The van der Waals surface area contributed by atoms with Crippen molar-refractivity contribution in [1.29, 1.82) is 0 Å². The lowest BCUT2D eigenvalue weighted by atomic mass is 10.1. The number of nitrogens with zero attached hydrogens (tertiary/aromatic N) is 1. The first-order chi connectivity index (χ1) is 15.1. The number of amides is 4. The molecule has 0 atom stereocenters. The number of alkyl halides is 3. The Morgan fingerprint density at radius 1 is 1.09 bits per heavy atom. The summed E-state index contributed by atoms with van der Waals surface area (Å²) in [6.45, 7) is 2.16. The van der Waals surface area contributed by atoms with Crippen LogP contribution in [0.5, 0.6) is 11.5 Å². The van der Waals surface area contributed by atoms with Crippen LogP contribution < -0.4 is 19.7 Å². The van der Waals surface area contributed by atoms with Crippen LogP contribution in [-0.4, -0.2) is 31.6 Å². The Bertz CT molecular complexity index is 1130. The summed E-state index contributed by atoms with van der Waals surface area (Å²) in [5.41, 5.74) is -1.75. The lowest BCUT2D eigenvalue weighted by molar-refractivity contribution is -0.137. The Labute approximate surface area is 185 Å². The van der Waals surface area contributed by atoms with Gasteiger partial charge >= 0.3 is 12.2 Å². The minimum atomic E-state index is -4.73. The van der Waals surface area contributed by atoms with Crippen LogP contribution in [0, 0.1) is 0 Å². The Balaban J connectivity index is 2.05. The summed E-state index contributed by atoms with van der Waals surface area (Å²) < 4.78 is 50.0. The van der Waals surface area contributed by atoms with E-state index >= 15 is 0 Å². The summed E-state index contributed by atoms with van der Waals surface area (Å²) in [5, 5.41) is 1.66. The van der Waals surface area contributed by atoms with E-state index in [1.807, 2.05) is 5.32 Å². The summed E-state index contributed by atoms with van der Waals surface area (Å²) in [7, 11) is 1.41. The fraction of sp³-hybridized carbons (Fsp3) is 0.190. The summed E-state index contributed by atoms with van der Waals surface area (Å²) in [6, 6.07) is 5.57. The molecule has 0 aliphatic carbocycles. The number of hydrogen-bond donors (Lipinski definition) is 1. The highest BCUT2D eigenvalue weighted by molar-refractivity contribution is 6.42. The second-order valence-electron chi connectivity index (χ2n) is 6.47. The van der Waals surface area contributed by atoms with E-state index in [2.05, 4.69) is 0 Å². The third kappa shape index (κ3) is 4.54. The van der Waals surface area contributed by atoms with Crippen molar-refractivity contribution >= 4 is 41.2 Å². The van der Waals surface area contributed by atoms with E-state index in [9.17, 15) is 27.6 Å². The normalized spacial score (nSPS) is 15.8. The second-order valence-corrected chi connectivity index (χ2v) is 6.87. The third-order valence-corrected chi connectivity index (χ3v) is 4.73. The van der Waals surface area contributed by atoms with Crippen molar-refractivity contribution < 1.29 is 37.0 Å². The van der Waals surface area contributed by atoms with Crippen molar-refractivity contribution in [2.45, 2.75) is 13.1 Å². The number of halogens is 4. The van der Waals surface area contributed by atoms with E-state index in [0.29, 0.717) is 40.7 Å². The predicted octanol–water partition coefficient (Wildman–Crippen LogP) is 4.43. The number of ether oxygens (including phenoxy) is 2. The van der Waals surface area contributed by atoms with Crippen molar-refractivity contribution in [3.8, 4) is 11.5 Å². The Kier molecular flexibility index (Phi) is 6.45. The number of methoxy groups -OCH3 is 1. The highest BCUT2D eigenvalue weighted by atomic mass is 35.5. The molecule has 0 aromatic heterocycles. The molecular formula is C21H16ClF3N2O5. The van der Waals surface area contributed by atoms with Crippen LogP contribution in [0.4, 0.5) is 23.7 Å². The van der Waals surface area contributed by atoms with Gasteiger partial charge in [0.1, 0.15) is 5.57 Å². The van der Waals surface area contributed by atoms with Gasteiger partial charge < -0.3 is 9.47 Å². The SMILES string of the molecule is CCOc1ccc(/C=C2\C(=O)NC(=O)N(c3cc(C(F)(F)F)ccc3Cl)C2=O)cc1OC. The van der Waals surface area contributed by atoms with Gasteiger partial charge in [0.15, 0.2) is 11.5 Å². The van der Waals surface area contributed by atoms with Crippen LogP contribution >= 0.6 is 11.6 Å². The van der Waals surface area contributed by atoms with Gasteiger partial charge in [0.25, 0.3) is 11.8 Å². The first kappa shape index (κ1) is 23.1. The van der Waals surface area contributed by atoms with Gasteiger partial charge in [-0.15, -0.1) is 0 Å². The van der Waals surface area contributed by atoms with Gasteiger partial charge in [0.2, 0.25) is 0 Å².